The molecule has 0 saturated carbocycles. The van der Waals surface area contributed by atoms with Gasteiger partial charge in [0.2, 0.25) is 5.88 Å². The number of aromatic hydroxyl groups is 1. The summed E-state index contributed by atoms with van der Waals surface area (Å²) in [6.45, 7) is 0. The molecule has 1 heterocycles. The summed E-state index contributed by atoms with van der Waals surface area (Å²) in [7, 11) is -4.02. The Morgan fingerprint density at radius 1 is 1.26 bits per heavy atom. The van der Waals surface area contributed by atoms with E-state index in [2.05, 4.69) is 4.98 Å². The van der Waals surface area contributed by atoms with Gasteiger partial charge in [0.1, 0.15) is 0 Å². The van der Waals surface area contributed by atoms with Gasteiger partial charge in [0.25, 0.3) is 15.7 Å². The number of nitro groups is 1. The van der Waals surface area contributed by atoms with E-state index >= 15 is 0 Å². The zero-order chi connectivity index (χ0) is 16.8. The Hall–Kier alpha value is -2.72. The minimum Gasteiger partial charge on any atom is -0.493 e. The number of rotatable bonds is 3. The van der Waals surface area contributed by atoms with Crippen LogP contribution in [0.2, 0.25) is 0 Å². The van der Waals surface area contributed by atoms with Crippen LogP contribution in [-0.4, -0.2) is 27.4 Å². The van der Waals surface area contributed by atoms with Crippen LogP contribution in [0.5, 0.6) is 5.88 Å². The number of fused-ring (bicyclic) bond motifs is 1. The molecule has 3 rings (SSSR count). The summed E-state index contributed by atoms with van der Waals surface area (Å²) in [5.74, 6) is -0.380. The van der Waals surface area contributed by atoms with E-state index in [0.29, 0.717) is 10.8 Å². The lowest BCUT2D eigenvalue weighted by Gasteiger charge is -2.06. The van der Waals surface area contributed by atoms with Crippen molar-refractivity contribution >= 4 is 38.7 Å². The van der Waals surface area contributed by atoms with Gasteiger partial charge in [-0.15, -0.1) is 0 Å². The van der Waals surface area contributed by atoms with E-state index in [1.54, 1.807) is 6.07 Å². The fourth-order valence-corrected chi connectivity index (χ4v) is 3.92. The number of nitrogens with zero attached hydrogens (tertiary/aromatic N) is 2. The lowest BCUT2D eigenvalue weighted by Crippen LogP contribution is -2.12. The Kier molecular flexibility index (Phi) is 3.42. The molecule has 23 heavy (non-hydrogen) atoms. The van der Waals surface area contributed by atoms with Crippen LogP contribution in [0.1, 0.15) is 0 Å². The first-order chi connectivity index (χ1) is 10.8. The molecule has 0 bridgehead atoms. The SMILES string of the molecule is O=[N+]([O-])c1cccc2cc(S(=O)(=O)n3cc(O)[nH]c3=S)ccc12. The number of non-ortho nitro benzene ring substituents is 1. The zero-order valence-corrected chi connectivity index (χ0v) is 13.0. The lowest BCUT2D eigenvalue weighted by molar-refractivity contribution is -0.383. The van der Waals surface area contributed by atoms with E-state index in [1.807, 2.05) is 0 Å². The van der Waals surface area contributed by atoms with Crippen LogP contribution in [-0.2, 0) is 10.0 Å². The van der Waals surface area contributed by atoms with Crippen molar-refractivity contribution in [3.05, 3.63) is 57.5 Å². The summed E-state index contributed by atoms with van der Waals surface area (Å²) >= 11 is 4.85. The minimum absolute atomic E-state index is 0.0967. The van der Waals surface area contributed by atoms with E-state index in [1.165, 1.54) is 30.3 Å². The van der Waals surface area contributed by atoms with E-state index in [9.17, 15) is 23.6 Å². The zero-order valence-electron chi connectivity index (χ0n) is 11.3. The number of imidazole rings is 1. The number of aromatic nitrogens is 2. The molecule has 0 fully saturated rings. The molecule has 0 atom stereocenters. The Morgan fingerprint density at radius 3 is 2.61 bits per heavy atom. The molecule has 1 aromatic heterocycles. The number of nitro benzene ring substituents is 1. The van der Waals surface area contributed by atoms with Crippen LogP contribution in [0, 0.1) is 14.9 Å². The molecule has 0 unspecified atom stereocenters. The third-order valence-electron chi connectivity index (χ3n) is 3.26. The molecule has 118 valence electrons. The first-order valence-electron chi connectivity index (χ1n) is 6.24. The summed E-state index contributed by atoms with van der Waals surface area (Å²) < 4.78 is 25.7. The fraction of sp³-hybridized carbons (Fsp3) is 0. The van der Waals surface area contributed by atoms with E-state index in [-0.39, 0.29) is 21.2 Å². The molecular weight excluding hydrogens is 342 g/mol. The first kappa shape index (κ1) is 15.2. The van der Waals surface area contributed by atoms with Crippen molar-refractivity contribution in [1.29, 1.82) is 0 Å². The van der Waals surface area contributed by atoms with Crippen LogP contribution >= 0.6 is 12.2 Å². The second-order valence-corrected chi connectivity index (χ2v) is 6.86. The number of H-pyrrole nitrogens is 1. The maximum atomic E-state index is 12.6. The molecule has 2 aromatic carbocycles. The maximum Gasteiger partial charge on any atom is 0.277 e. The maximum absolute atomic E-state index is 12.6. The Balaban J connectivity index is 2.23. The van der Waals surface area contributed by atoms with Crippen LogP contribution in [0.4, 0.5) is 5.69 Å². The Labute approximate surface area is 134 Å². The van der Waals surface area contributed by atoms with E-state index in [0.717, 1.165) is 10.2 Å². The lowest BCUT2D eigenvalue weighted by atomic mass is 10.1. The molecule has 0 radical (unpaired) electrons. The second-order valence-electron chi connectivity index (χ2n) is 4.66. The van der Waals surface area contributed by atoms with Crippen LogP contribution in [0.25, 0.3) is 10.8 Å². The van der Waals surface area contributed by atoms with Crippen molar-refractivity contribution < 1.29 is 18.4 Å². The molecule has 10 heteroatoms. The molecule has 0 spiro atoms. The van der Waals surface area contributed by atoms with E-state index < -0.39 is 14.9 Å². The van der Waals surface area contributed by atoms with Crippen LogP contribution in [0.15, 0.2) is 47.5 Å². The van der Waals surface area contributed by atoms with Gasteiger partial charge in [-0.2, -0.15) is 0 Å². The van der Waals surface area contributed by atoms with Gasteiger partial charge in [-0.1, -0.05) is 12.1 Å². The second kappa shape index (κ2) is 5.18. The van der Waals surface area contributed by atoms with Crippen molar-refractivity contribution in [3.8, 4) is 5.88 Å². The number of hydrogen-bond donors (Lipinski definition) is 2. The third-order valence-corrected chi connectivity index (χ3v) is 5.33. The highest BCUT2D eigenvalue weighted by Crippen LogP contribution is 2.28. The predicted molar refractivity (Wildman–Crippen MR) is 84.5 cm³/mol. The number of aromatic amines is 1. The van der Waals surface area contributed by atoms with Crippen molar-refractivity contribution in [3.63, 3.8) is 0 Å². The monoisotopic (exact) mass is 351 g/mol. The summed E-state index contributed by atoms with van der Waals surface area (Å²) in [5, 5.41) is 21.1. The number of benzene rings is 2. The molecule has 0 saturated heterocycles. The van der Waals surface area contributed by atoms with Crippen molar-refractivity contribution in [1.82, 2.24) is 8.96 Å². The van der Waals surface area contributed by atoms with E-state index in [4.69, 9.17) is 12.2 Å². The fourth-order valence-electron chi connectivity index (χ4n) is 2.22. The average Bonchev–Trinajstić information content (AvgIpc) is 2.85. The molecule has 8 nitrogen and oxygen atoms in total. The van der Waals surface area contributed by atoms with Crippen molar-refractivity contribution in [2.45, 2.75) is 4.90 Å². The molecule has 0 aliphatic rings. The van der Waals surface area contributed by atoms with Gasteiger partial charge < -0.3 is 10.1 Å². The molecule has 0 aliphatic heterocycles. The molecule has 2 N–H and O–H groups in total. The quantitative estimate of drug-likeness (QED) is 0.425. The topological polar surface area (TPSA) is 118 Å². The predicted octanol–water partition coefficient (Wildman–Crippen LogP) is 2.55. The molecule has 0 aliphatic carbocycles. The van der Waals surface area contributed by atoms with Gasteiger partial charge in [-0.3, -0.25) is 10.1 Å². The van der Waals surface area contributed by atoms with Gasteiger partial charge in [0.15, 0.2) is 4.77 Å². The Morgan fingerprint density at radius 2 is 2.00 bits per heavy atom. The molecular formula is C13H9N3O5S2. The highest BCUT2D eigenvalue weighted by atomic mass is 32.2. The summed E-state index contributed by atoms with van der Waals surface area (Å²) in [4.78, 5) is 12.7. The van der Waals surface area contributed by atoms with Crippen LogP contribution in [0.3, 0.4) is 0 Å². The Bertz CT molecular complexity index is 1100. The van der Waals surface area contributed by atoms with Gasteiger partial charge in [-0.05, 0) is 35.8 Å². The molecule has 3 aromatic rings. The highest BCUT2D eigenvalue weighted by Gasteiger charge is 2.20. The minimum atomic E-state index is -4.02. The summed E-state index contributed by atoms with van der Waals surface area (Å²) in [5.41, 5.74) is -0.109. The summed E-state index contributed by atoms with van der Waals surface area (Å²) in [6.07, 6.45) is 0.954. The average molecular weight is 351 g/mol. The number of hydrogen-bond acceptors (Lipinski definition) is 6. The first-order valence-corrected chi connectivity index (χ1v) is 8.09. The van der Waals surface area contributed by atoms with Gasteiger partial charge in [0, 0.05) is 6.07 Å². The third kappa shape index (κ3) is 2.47. The summed E-state index contributed by atoms with van der Waals surface area (Å²) in [6, 6.07) is 8.35. The molecule has 0 amide bonds. The van der Waals surface area contributed by atoms with Gasteiger partial charge >= 0.3 is 0 Å². The normalized spacial score (nSPS) is 11.7. The van der Waals surface area contributed by atoms with Gasteiger partial charge in [-0.25, -0.2) is 12.4 Å². The van der Waals surface area contributed by atoms with Crippen LogP contribution < -0.4 is 0 Å². The van der Waals surface area contributed by atoms with Gasteiger partial charge in [0.05, 0.1) is 21.4 Å². The smallest absolute Gasteiger partial charge is 0.277 e. The largest absolute Gasteiger partial charge is 0.493 e. The van der Waals surface area contributed by atoms with Crippen molar-refractivity contribution in [2.75, 3.05) is 0 Å². The standard InChI is InChI=1S/C13H9N3O5S2/c17-12-7-15(13(22)14-12)23(20,21)9-4-5-10-8(6-9)2-1-3-11(10)16(18)19/h1-7,17H,(H,14,22). The highest BCUT2D eigenvalue weighted by molar-refractivity contribution is 7.90. The number of nitrogens with one attached hydrogen (secondary N) is 1. The van der Waals surface area contributed by atoms with Crippen molar-refractivity contribution in [2.24, 2.45) is 0 Å².